The van der Waals surface area contributed by atoms with Crippen molar-refractivity contribution in [2.45, 2.75) is 44.7 Å². The first-order chi connectivity index (χ1) is 18.0. The standard InChI is InChI=1S/C28H33N7O2/c1-19(18-37-3)33-28(36)20-7-9-26(10-8-20)35-17-25(15-32-35)23-12-29-27(30-13-23)22-6-4-5-21(11-22)24-14-31-34(2)16-24/h4-6,11-17,19-20,26H,7-10,18H2,1-3H3,(H,33,36). The highest BCUT2D eigenvalue weighted by atomic mass is 16.5. The minimum atomic E-state index is 0.0302. The van der Waals surface area contributed by atoms with Crippen molar-refractivity contribution in [3.05, 3.63) is 61.4 Å². The molecule has 3 aromatic heterocycles. The number of aromatic nitrogens is 6. The van der Waals surface area contributed by atoms with Crippen molar-refractivity contribution < 1.29 is 9.53 Å². The lowest BCUT2D eigenvalue weighted by Crippen LogP contribution is -2.40. The van der Waals surface area contributed by atoms with Gasteiger partial charge < -0.3 is 10.1 Å². The molecule has 9 nitrogen and oxygen atoms in total. The minimum Gasteiger partial charge on any atom is -0.383 e. The highest BCUT2D eigenvalue weighted by Gasteiger charge is 2.28. The summed E-state index contributed by atoms with van der Waals surface area (Å²) in [6.07, 6.45) is 15.1. The lowest BCUT2D eigenvalue weighted by Gasteiger charge is -2.28. The number of nitrogens with one attached hydrogen (secondary N) is 1. The number of aryl methyl sites for hydroxylation is 1. The van der Waals surface area contributed by atoms with Gasteiger partial charge in [0.1, 0.15) is 0 Å². The second-order valence-electron chi connectivity index (χ2n) is 9.86. The fourth-order valence-corrected chi connectivity index (χ4v) is 4.98. The first-order valence-electron chi connectivity index (χ1n) is 12.8. The highest BCUT2D eigenvalue weighted by Crippen LogP contribution is 2.33. The van der Waals surface area contributed by atoms with Crippen LogP contribution in [0.3, 0.4) is 0 Å². The van der Waals surface area contributed by atoms with E-state index in [2.05, 4.69) is 43.8 Å². The molecule has 9 heteroatoms. The van der Waals surface area contributed by atoms with Crippen molar-refractivity contribution in [2.24, 2.45) is 13.0 Å². The van der Waals surface area contributed by atoms with Gasteiger partial charge in [-0.3, -0.25) is 14.2 Å². The SMILES string of the molecule is COCC(C)NC(=O)C1CCC(n2cc(-c3cnc(-c4cccc(-c5cnn(C)c5)c4)nc3)cn2)CC1. The molecule has 1 N–H and O–H groups in total. The quantitative estimate of drug-likeness (QED) is 0.388. The number of ether oxygens (including phenoxy) is 1. The van der Waals surface area contributed by atoms with E-state index >= 15 is 0 Å². The number of benzene rings is 1. The molecule has 1 fully saturated rings. The zero-order valence-electron chi connectivity index (χ0n) is 21.5. The van der Waals surface area contributed by atoms with E-state index in [-0.39, 0.29) is 17.9 Å². The molecule has 0 saturated heterocycles. The summed E-state index contributed by atoms with van der Waals surface area (Å²) in [5, 5.41) is 11.9. The highest BCUT2D eigenvalue weighted by molar-refractivity contribution is 5.79. The molecule has 1 atom stereocenters. The van der Waals surface area contributed by atoms with E-state index in [0.29, 0.717) is 18.5 Å². The molecule has 1 aliphatic rings. The van der Waals surface area contributed by atoms with Crippen LogP contribution in [-0.4, -0.2) is 55.2 Å². The van der Waals surface area contributed by atoms with Crippen molar-refractivity contribution in [1.82, 2.24) is 34.8 Å². The van der Waals surface area contributed by atoms with Crippen molar-refractivity contribution >= 4 is 5.91 Å². The third-order valence-electron chi connectivity index (χ3n) is 6.99. The van der Waals surface area contributed by atoms with Crippen molar-refractivity contribution in [3.63, 3.8) is 0 Å². The van der Waals surface area contributed by atoms with Gasteiger partial charge >= 0.3 is 0 Å². The second-order valence-corrected chi connectivity index (χ2v) is 9.86. The predicted molar refractivity (Wildman–Crippen MR) is 141 cm³/mol. The summed E-state index contributed by atoms with van der Waals surface area (Å²) in [6.45, 7) is 2.49. The molecule has 1 unspecified atom stereocenters. The Morgan fingerprint density at radius 3 is 2.38 bits per heavy atom. The van der Waals surface area contributed by atoms with Crippen LogP contribution in [0.2, 0.25) is 0 Å². The summed E-state index contributed by atoms with van der Waals surface area (Å²) in [5.74, 6) is 0.869. The molecule has 37 heavy (non-hydrogen) atoms. The average molecular weight is 500 g/mol. The molecule has 3 heterocycles. The molecule has 1 saturated carbocycles. The molecule has 0 spiro atoms. The first-order valence-corrected chi connectivity index (χ1v) is 12.8. The predicted octanol–water partition coefficient (Wildman–Crippen LogP) is 4.29. The summed E-state index contributed by atoms with van der Waals surface area (Å²) >= 11 is 0. The van der Waals surface area contributed by atoms with E-state index in [1.165, 1.54) is 0 Å². The third-order valence-corrected chi connectivity index (χ3v) is 6.99. The van der Waals surface area contributed by atoms with Gasteiger partial charge in [0.2, 0.25) is 5.91 Å². The van der Waals surface area contributed by atoms with E-state index in [4.69, 9.17) is 4.74 Å². The van der Waals surface area contributed by atoms with Crippen LogP contribution in [-0.2, 0) is 16.6 Å². The number of carbonyl (C=O) groups excluding carboxylic acids is 1. The Morgan fingerprint density at radius 2 is 1.68 bits per heavy atom. The number of rotatable bonds is 8. The summed E-state index contributed by atoms with van der Waals surface area (Å²) < 4.78 is 8.94. The average Bonchev–Trinajstić information content (AvgIpc) is 3.59. The van der Waals surface area contributed by atoms with Gasteiger partial charge in [-0.15, -0.1) is 0 Å². The Kier molecular flexibility index (Phi) is 7.41. The van der Waals surface area contributed by atoms with E-state index in [1.807, 2.05) is 61.8 Å². The Balaban J connectivity index is 1.21. The van der Waals surface area contributed by atoms with Gasteiger partial charge in [-0.05, 0) is 44.2 Å². The Labute approximate surface area is 216 Å². The van der Waals surface area contributed by atoms with Crippen LogP contribution in [0.5, 0.6) is 0 Å². The molecule has 1 aliphatic carbocycles. The fraction of sp³-hybridized carbons (Fsp3) is 0.393. The maximum atomic E-state index is 12.5. The molecular formula is C28H33N7O2. The number of carbonyl (C=O) groups is 1. The largest absolute Gasteiger partial charge is 0.383 e. The van der Waals surface area contributed by atoms with Crippen LogP contribution < -0.4 is 5.32 Å². The van der Waals surface area contributed by atoms with E-state index < -0.39 is 0 Å². The van der Waals surface area contributed by atoms with Gasteiger partial charge in [-0.25, -0.2) is 9.97 Å². The van der Waals surface area contributed by atoms with Crippen molar-refractivity contribution in [2.75, 3.05) is 13.7 Å². The lowest BCUT2D eigenvalue weighted by atomic mass is 9.85. The summed E-state index contributed by atoms with van der Waals surface area (Å²) in [6, 6.07) is 8.50. The van der Waals surface area contributed by atoms with Gasteiger partial charge in [0.05, 0.1) is 25.0 Å². The Bertz CT molecular complexity index is 1340. The van der Waals surface area contributed by atoms with Gasteiger partial charge in [0.15, 0.2) is 5.82 Å². The topological polar surface area (TPSA) is 99.8 Å². The number of nitrogens with zero attached hydrogens (tertiary/aromatic N) is 6. The van der Waals surface area contributed by atoms with Crippen LogP contribution in [0.1, 0.15) is 38.6 Å². The molecular weight excluding hydrogens is 466 g/mol. The molecule has 0 radical (unpaired) electrons. The Morgan fingerprint density at radius 1 is 0.973 bits per heavy atom. The second kappa shape index (κ2) is 11.0. The van der Waals surface area contributed by atoms with Crippen LogP contribution in [0.15, 0.2) is 61.4 Å². The summed E-state index contributed by atoms with van der Waals surface area (Å²) in [7, 11) is 3.56. The maximum absolute atomic E-state index is 12.5. The number of hydrogen-bond donors (Lipinski definition) is 1. The van der Waals surface area contributed by atoms with Gasteiger partial charge in [-0.1, -0.05) is 18.2 Å². The molecule has 1 amide bonds. The van der Waals surface area contributed by atoms with E-state index in [9.17, 15) is 4.79 Å². The first kappa shape index (κ1) is 24.8. The lowest BCUT2D eigenvalue weighted by molar-refractivity contribution is -0.127. The monoisotopic (exact) mass is 499 g/mol. The minimum absolute atomic E-state index is 0.0302. The van der Waals surface area contributed by atoms with Crippen molar-refractivity contribution in [1.29, 1.82) is 0 Å². The number of hydrogen-bond acceptors (Lipinski definition) is 6. The van der Waals surface area contributed by atoms with Gasteiger partial charge in [-0.2, -0.15) is 10.2 Å². The van der Waals surface area contributed by atoms with Crippen LogP contribution >= 0.6 is 0 Å². The summed E-state index contributed by atoms with van der Waals surface area (Å²) in [5.41, 5.74) is 5.02. The number of methoxy groups -OCH3 is 1. The molecule has 5 rings (SSSR count). The molecule has 4 aromatic rings. The van der Waals surface area contributed by atoms with Crippen LogP contribution in [0.4, 0.5) is 0 Å². The zero-order chi connectivity index (χ0) is 25.8. The maximum Gasteiger partial charge on any atom is 0.223 e. The van der Waals surface area contributed by atoms with Gasteiger partial charge in [0, 0.05) is 73.2 Å². The van der Waals surface area contributed by atoms with E-state index in [1.54, 1.807) is 11.8 Å². The molecule has 0 aliphatic heterocycles. The van der Waals surface area contributed by atoms with Crippen molar-refractivity contribution in [3.8, 4) is 33.6 Å². The van der Waals surface area contributed by atoms with Gasteiger partial charge in [0.25, 0.3) is 0 Å². The van der Waals surface area contributed by atoms with E-state index in [0.717, 1.165) is 53.5 Å². The fourth-order valence-electron chi connectivity index (χ4n) is 4.98. The normalized spacial score (nSPS) is 18.5. The third kappa shape index (κ3) is 5.77. The molecule has 1 aromatic carbocycles. The number of amides is 1. The van der Waals surface area contributed by atoms with Crippen LogP contribution in [0, 0.1) is 5.92 Å². The molecule has 0 bridgehead atoms. The summed E-state index contributed by atoms with van der Waals surface area (Å²) in [4.78, 5) is 21.8. The zero-order valence-corrected chi connectivity index (χ0v) is 21.5. The smallest absolute Gasteiger partial charge is 0.223 e. The van der Waals surface area contributed by atoms with Crippen LogP contribution in [0.25, 0.3) is 33.6 Å². The molecule has 192 valence electrons. The Hall–Kier alpha value is -3.85.